The molecule has 0 aromatic heterocycles. The van der Waals surface area contributed by atoms with Crippen molar-refractivity contribution in [3.63, 3.8) is 0 Å². The third-order valence-corrected chi connectivity index (χ3v) is 2.66. The van der Waals surface area contributed by atoms with Crippen LogP contribution in [0.5, 0.6) is 0 Å². The lowest BCUT2D eigenvalue weighted by Crippen LogP contribution is -2.49. The number of rotatable bonds is 5. The Morgan fingerprint density at radius 1 is 1.57 bits per heavy atom. The molecule has 1 saturated heterocycles. The third kappa shape index (κ3) is 4.02. The molecule has 2 unspecified atom stereocenters. The monoisotopic (exact) mass is 221 g/mol. The second kappa shape index (κ2) is 6.47. The predicted molar refractivity (Wildman–Crippen MR) is 53.1 cm³/mol. The minimum absolute atomic E-state index is 0.277. The van der Waals surface area contributed by atoms with Crippen molar-refractivity contribution in [3.8, 4) is 0 Å². The Kier molecular flexibility index (Phi) is 5.57. The van der Waals surface area contributed by atoms with Gasteiger partial charge in [0.2, 0.25) is 0 Å². The molecule has 5 nitrogen and oxygen atoms in total. The molecule has 14 heavy (non-hydrogen) atoms. The van der Waals surface area contributed by atoms with E-state index in [4.69, 9.17) is 4.18 Å². The van der Waals surface area contributed by atoms with E-state index in [0.29, 0.717) is 0 Å². The zero-order chi connectivity index (χ0) is 10.4. The highest BCUT2D eigenvalue weighted by molar-refractivity contribution is 7.74. The van der Waals surface area contributed by atoms with Gasteiger partial charge in [-0.05, 0) is 6.42 Å². The van der Waals surface area contributed by atoms with Crippen molar-refractivity contribution in [2.24, 2.45) is 0 Å². The van der Waals surface area contributed by atoms with Crippen molar-refractivity contribution in [1.82, 2.24) is 10.2 Å². The summed E-state index contributed by atoms with van der Waals surface area (Å²) < 4.78 is 25.8. The van der Waals surface area contributed by atoms with E-state index in [0.717, 1.165) is 39.0 Å². The first-order chi connectivity index (χ1) is 6.74. The third-order valence-electron chi connectivity index (χ3n) is 2.28. The topological polar surface area (TPSA) is 64.6 Å². The van der Waals surface area contributed by atoms with Crippen LogP contribution in [0.4, 0.5) is 0 Å². The fourth-order valence-electron chi connectivity index (χ4n) is 1.60. The van der Waals surface area contributed by atoms with Gasteiger partial charge in [-0.25, -0.2) is 4.21 Å². The van der Waals surface area contributed by atoms with E-state index in [1.165, 1.54) is 0 Å². The first-order valence-corrected chi connectivity index (χ1v) is 5.95. The van der Waals surface area contributed by atoms with Crippen molar-refractivity contribution in [1.29, 1.82) is 0 Å². The Balaban J connectivity index is 2.42. The smallest absolute Gasteiger partial charge is 0.126 e. The summed E-state index contributed by atoms with van der Waals surface area (Å²) in [6.07, 6.45) is 1.40. The minimum Gasteiger partial charge on any atom is -0.750 e. The quantitative estimate of drug-likeness (QED) is 0.653. The fourth-order valence-corrected chi connectivity index (χ4v) is 2.00. The molecule has 1 heterocycles. The molecule has 0 saturated carbocycles. The van der Waals surface area contributed by atoms with Gasteiger partial charge in [-0.15, -0.1) is 0 Å². The zero-order valence-electron chi connectivity index (χ0n) is 8.40. The van der Waals surface area contributed by atoms with Gasteiger partial charge >= 0.3 is 0 Å². The van der Waals surface area contributed by atoms with Gasteiger partial charge in [-0.3, -0.25) is 9.08 Å². The van der Waals surface area contributed by atoms with Crippen LogP contribution in [-0.4, -0.2) is 46.1 Å². The molecule has 1 N–H and O–H groups in total. The van der Waals surface area contributed by atoms with Gasteiger partial charge in [-0.2, -0.15) is 0 Å². The Bertz CT molecular complexity index is 185. The molecule has 0 bridgehead atoms. The summed E-state index contributed by atoms with van der Waals surface area (Å²) in [5.74, 6) is 0. The average molecular weight is 221 g/mol. The molecule has 0 aliphatic carbocycles. The maximum atomic E-state index is 10.5. The van der Waals surface area contributed by atoms with Crippen molar-refractivity contribution in [2.45, 2.75) is 26.0 Å². The van der Waals surface area contributed by atoms with Crippen molar-refractivity contribution in [3.05, 3.63) is 0 Å². The van der Waals surface area contributed by atoms with Crippen LogP contribution >= 0.6 is 0 Å². The van der Waals surface area contributed by atoms with E-state index < -0.39 is 11.4 Å². The maximum Gasteiger partial charge on any atom is 0.126 e. The molecular formula is C8H17N2O3S-. The molecule has 0 spiro atoms. The summed E-state index contributed by atoms with van der Waals surface area (Å²) in [5.41, 5.74) is 0. The molecule has 0 amide bonds. The van der Waals surface area contributed by atoms with Gasteiger partial charge in [0.05, 0.1) is 11.4 Å². The second-order valence-corrected chi connectivity index (χ2v) is 3.93. The molecule has 0 aromatic rings. The SMILES string of the molecule is CCCC(OS(=O)[O-])N1CCNCC1. The maximum absolute atomic E-state index is 10.5. The summed E-state index contributed by atoms with van der Waals surface area (Å²) in [7, 11) is 0. The Morgan fingerprint density at radius 3 is 2.71 bits per heavy atom. The zero-order valence-corrected chi connectivity index (χ0v) is 9.22. The van der Waals surface area contributed by atoms with E-state index in [-0.39, 0.29) is 6.23 Å². The molecule has 0 aromatic carbocycles. The largest absolute Gasteiger partial charge is 0.750 e. The lowest BCUT2D eigenvalue weighted by atomic mass is 10.2. The van der Waals surface area contributed by atoms with Crippen molar-refractivity contribution < 1.29 is 12.9 Å². The second-order valence-electron chi connectivity index (χ2n) is 3.33. The normalized spacial score (nSPS) is 23.3. The summed E-state index contributed by atoms with van der Waals surface area (Å²) in [4.78, 5) is 2.07. The van der Waals surface area contributed by atoms with Gasteiger partial charge < -0.3 is 9.87 Å². The van der Waals surface area contributed by atoms with Gasteiger partial charge in [0.15, 0.2) is 0 Å². The van der Waals surface area contributed by atoms with Crippen LogP contribution < -0.4 is 5.32 Å². The van der Waals surface area contributed by atoms with Crippen molar-refractivity contribution >= 4 is 11.4 Å². The van der Waals surface area contributed by atoms with E-state index in [1.54, 1.807) is 0 Å². The molecule has 1 aliphatic heterocycles. The standard InChI is InChI=1S/C8H18N2O3S/c1-2-3-8(13-14(11)12)10-6-4-9-5-7-10/h8-9H,2-7H2,1H3,(H,11,12)/p-1. The Morgan fingerprint density at radius 2 is 2.21 bits per heavy atom. The van der Waals surface area contributed by atoms with Crippen LogP contribution in [0, 0.1) is 0 Å². The number of hydrogen-bond acceptors (Lipinski definition) is 5. The number of nitrogens with zero attached hydrogens (tertiary/aromatic N) is 1. The van der Waals surface area contributed by atoms with Crippen LogP contribution in [0.2, 0.25) is 0 Å². The Hall–Kier alpha value is -0.0100. The summed E-state index contributed by atoms with van der Waals surface area (Å²) in [6, 6.07) is 0. The minimum atomic E-state index is -2.41. The summed E-state index contributed by atoms with van der Waals surface area (Å²) in [5, 5.41) is 3.21. The molecule has 1 aliphatic rings. The number of nitrogens with one attached hydrogen (secondary N) is 1. The van der Waals surface area contributed by atoms with Gasteiger partial charge in [0.25, 0.3) is 0 Å². The van der Waals surface area contributed by atoms with E-state index in [2.05, 4.69) is 10.2 Å². The lowest BCUT2D eigenvalue weighted by molar-refractivity contribution is 0.0135. The van der Waals surface area contributed by atoms with Crippen molar-refractivity contribution in [2.75, 3.05) is 26.2 Å². The molecular weight excluding hydrogens is 204 g/mol. The summed E-state index contributed by atoms with van der Waals surface area (Å²) >= 11 is -2.41. The van der Waals surface area contributed by atoms with Crippen LogP contribution in [-0.2, 0) is 15.5 Å². The highest BCUT2D eigenvalue weighted by Crippen LogP contribution is 2.10. The molecule has 1 fully saturated rings. The average Bonchev–Trinajstić information content (AvgIpc) is 2.18. The fraction of sp³-hybridized carbons (Fsp3) is 1.00. The van der Waals surface area contributed by atoms with Gasteiger partial charge in [-0.1, -0.05) is 13.3 Å². The first-order valence-electron chi connectivity index (χ1n) is 4.95. The molecule has 84 valence electrons. The van der Waals surface area contributed by atoms with E-state index in [1.807, 2.05) is 6.92 Å². The van der Waals surface area contributed by atoms with E-state index in [9.17, 15) is 8.76 Å². The van der Waals surface area contributed by atoms with Crippen LogP contribution in [0.25, 0.3) is 0 Å². The van der Waals surface area contributed by atoms with Crippen LogP contribution in [0.15, 0.2) is 0 Å². The van der Waals surface area contributed by atoms with Crippen LogP contribution in [0.3, 0.4) is 0 Å². The van der Waals surface area contributed by atoms with Crippen LogP contribution in [0.1, 0.15) is 19.8 Å². The predicted octanol–water partition coefficient (Wildman–Crippen LogP) is -0.171. The van der Waals surface area contributed by atoms with Gasteiger partial charge in [0, 0.05) is 26.2 Å². The molecule has 0 radical (unpaired) electrons. The lowest BCUT2D eigenvalue weighted by Gasteiger charge is -2.34. The molecule has 6 heteroatoms. The number of piperazine rings is 1. The Labute approximate surface area is 87.3 Å². The highest BCUT2D eigenvalue weighted by atomic mass is 32.2. The van der Waals surface area contributed by atoms with Gasteiger partial charge in [0.1, 0.15) is 6.23 Å². The van der Waals surface area contributed by atoms with E-state index >= 15 is 0 Å². The number of hydrogen-bond donors (Lipinski definition) is 1. The summed E-state index contributed by atoms with van der Waals surface area (Å²) in [6.45, 7) is 5.51. The molecule has 2 atom stereocenters. The highest BCUT2D eigenvalue weighted by Gasteiger charge is 2.20. The first kappa shape index (κ1) is 12.1. The molecule has 1 rings (SSSR count).